The molecule has 144 valence electrons. The van der Waals surface area contributed by atoms with Gasteiger partial charge in [0.15, 0.2) is 0 Å². The molecule has 2 aromatic rings. The number of amides is 2. The van der Waals surface area contributed by atoms with Crippen LogP contribution in [0, 0.1) is 6.92 Å². The second kappa shape index (κ2) is 9.03. The summed E-state index contributed by atoms with van der Waals surface area (Å²) in [5.74, 6) is 0.233. The molecule has 0 spiro atoms. The Morgan fingerprint density at radius 1 is 1.21 bits per heavy atom. The van der Waals surface area contributed by atoms with Gasteiger partial charge in [-0.05, 0) is 49.2 Å². The highest BCUT2D eigenvalue weighted by Gasteiger charge is 2.33. The third-order valence-electron chi connectivity index (χ3n) is 4.08. The van der Waals surface area contributed by atoms with Gasteiger partial charge in [-0.3, -0.25) is 14.5 Å². The van der Waals surface area contributed by atoms with E-state index in [4.69, 9.17) is 17.0 Å². The zero-order chi connectivity index (χ0) is 20.1. The van der Waals surface area contributed by atoms with Crippen LogP contribution in [-0.4, -0.2) is 34.2 Å². The third kappa shape index (κ3) is 4.79. The highest BCUT2D eigenvalue weighted by molar-refractivity contribution is 8.26. The summed E-state index contributed by atoms with van der Waals surface area (Å²) in [5, 5.41) is 2.83. The van der Waals surface area contributed by atoms with Crippen LogP contribution in [0.2, 0.25) is 0 Å². The number of thioether (sulfide) groups is 1. The third-order valence-corrected chi connectivity index (χ3v) is 5.46. The van der Waals surface area contributed by atoms with Crippen LogP contribution in [0.25, 0.3) is 6.08 Å². The predicted octanol–water partition coefficient (Wildman–Crippen LogP) is 4.23. The molecule has 0 unspecified atom stereocenters. The van der Waals surface area contributed by atoms with Gasteiger partial charge in [0.25, 0.3) is 5.91 Å². The van der Waals surface area contributed by atoms with Crippen molar-refractivity contribution in [2.75, 3.05) is 18.5 Å². The molecule has 0 radical (unpaired) electrons. The fourth-order valence-electron chi connectivity index (χ4n) is 2.66. The quantitative estimate of drug-likeness (QED) is 0.568. The van der Waals surface area contributed by atoms with Crippen LogP contribution in [0.3, 0.4) is 0 Å². The number of carbonyl (C=O) groups excluding carboxylic acids is 2. The lowest BCUT2D eigenvalue weighted by Gasteiger charge is -2.15. The van der Waals surface area contributed by atoms with Crippen molar-refractivity contribution < 1.29 is 14.3 Å². The highest BCUT2D eigenvalue weighted by atomic mass is 32.2. The van der Waals surface area contributed by atoms with Crippen LogP contribution in [-0.2, 0) is 9.59 Å². The summed E-state index contributed by atoms with van der Waals surface area (Å²) in [6.45, 7) is 4.32. The van der Waals surface area contributed by atoms with E-state index in [9.17, 15) is 9.59 Å². The second-order valence-corrected chi connectivity index (χ2v) is 7.81. The molecule has 1 saturated heterocycles. The number of rotatable bonds is 6. The average Bonchev–Trinajstić information content (AvgIpc) is 2.93. The topological polar surface area (TPSA) is 58.6 Å². The van der Waals surface area contributed by atoms with E-state index in [-0.39, 0.29) is 18.4 Å². The van der Waals surface area contributed by atoms with Gasteiger partial charge in [-0.1, -0.05) is 54.3 Å². The number of anilines is 1. The Labute approximate surface area is 173 Å². The van der Waals surface area contributed by atoms with E-state index < -0.39 is 0 Å². The Bertz CT molecular complexity index is 939. The molecule has 0 atom stereocenters. The summed E-state index contributed by atoms with van der Waals surface area (Å²) in [7, 11) is 0. The first-order valence-electron chi connectivity index (χ1n) is 8.81. The summed E-state index contributed by atoms with van der Waals surface area (Å²) in [6, 6.07) is 14.9. The molecule has 1 aliphatic heterocycles. The lowest BCUT2D eigenvalue weighted by atomic mass is 10.2. The number of hydrogen-bond donors (Lipinski definition) is 1. The molecule has 1 heterocycles. The second-order valence-electron chi connectivity index (χ2n) is 6.13. The van der Waals surface area contributed by atoms with Crippen molar-refractivity contribution >= 4 is 51.9 Å². The first kappa shape index (κ1) is 20.1. The number of aryl methyl sites for hydroxylation is 1. The molecule has 1 N–H and O–H groups in total. The summed E-state index contributed by atoms with van der Waals surface area (Å²) < 4.78 is 5.80. The fraction of sp³-hybridized carbons (Fsp3) is 0.190. The fourth-order valence-corrected chi connectivity index (χ4v) is 3.92. The van der Waals surface area contributed by atoms with E-state index in [0.29, 0.717) is 15.8 Å². The maximum atomic E-state index is 12.7. The molecular formula is C21H20N2O3S2. The van der Waals surface area contributed by atoms with Crippen LogP contribution in [0.4, 0.5) is 5.69 Å². The Hall–Kier alpha value is -2.64. The van der Waals surface area contributed by atoms with Gasteiger partial charge < -0.3 is 10.1 Å². The highest BCUT2D eigenvalue weighted by Crippen LogP contribution is 2.32. The Morgan fingerprint density at radius 2 is 1.93 bits per heavy atom. The number of thiocarbonyl (C=S) groups is 1. The van der Waals surface area contributed by atoms with Crippen LogP contribution in [0.1, 0.15) is 18.1 Å². The number of nitrogens with one attached hydrogen (secondary N) is 1. The number of para-hydroxylation sites is 1. The van der Waals surface area contributed by atoms with Gasteiger partial charge in [0.1, 0.15) is 16.6 Å². The van der Waals surface area contributed by atoms with Gasteiger partial charge in [-0.15, -0.1) is 0 Å². The lowest BCUT2D eigenvalue weighted by Crippen LogP contribution is -2.36. The molecule has 1 fully saturated rings. The molecule has 5 nitrogen and oxygen atoms in total. The van der Waals surface area contributed by atoms with Gasteiger partial charge in [-0.25, -0.2) is 0 Å². The van der Waals surface area contributed by atoms with Gasteiger partial charge in [0, 0.05) is 5.69 Å². The first-order chi connectivity index (χ1) is 13.5. The van der Waals surface area contributed by atoms with E-state index >= 15 is 0 Å². The Kier molecular flexibility index (Phi) is 6.49. The van der Waals surface area contributed by atoms with Crippen molar-refractivity contribution in [3.8, 4) is 5.75 Å². The van der Waals surface area contributed by atoms with E-state index in [0.717, 1.165) is 22.6 Å². The average molecular weight is 413 g/mol. The van der Waals surface area contributed by atoms with E-state index in [2.05, 4.69) is 5.32 Å². The molecule has 28 heavy (non-hydrogen) atoms. The number of hydrogen-bond acceptors (Lipinski definition) is 5. The van der Waals surface area contributed by atoms with Gasteiger partial charge in [0.05, 0.1) is 11.5 Å². The molecular weight excluding hydrogens is 392 g/mol. The normalized spacial score (nSPS) is 15.2. The molecule has 7 heteroatoms. The molecule has 0 aliphatic carbocycles. The minimum Gasteiger partial charge on any atom is -0.494 e. The molecule has 2 amide bonds. The smallest absolute Gasteiger partial charge is 0.266 e. The van der Waals surface area contributed by atoms with Crippen molar-refractivity contribution in [1.82, 2.24) is 4.90 Å². The molecule has 3 rings (SSSR count). The van der Waals surface area contributed by atoms with Crippen LogP contribution in [0.5, 0.6) is 5.75 Å². The molecule has 0 aromatic heterocycles. The maximum Gasteiger partial charge on any atom is 0.266 e. The minimum atomic E-state index is -0.284. The van der Waals surface area contributed by atoms with Crippen LogP contribution < -0.4 is 10.1 Å². The molecule has 0 saturated carbocycles. The van der Waals surface area contributed by atoms with E-state index in [1.807, 2.05) is 62.4 Å². The molecule has 2 aromatic carbocycles. The maximum absolute atomic E-state index is 12.7. The number of ether oxygens (including phenoxy) is 1. The largest absolute Gasteiger partial charge is 0.494 e. The number of carbonyl (C=O) groups is 2. The Morgan fingerprint density at radius 3 is 2.61 bits per heavy atom. The SMILES string of the molecule is CCOc1ccc(C=C2SC(=S)N(CC(=O)Nc3ccccc3C)C2=O)cc1. The van der Waals surface area contributed by atoms with Gasteiger partial charge >= 0.3 is 0 Å². The summed E-state index contributed by atoms with van der Waals surface area (Å²) >= 11 is 6.50. The number of benzene rings is 2. The van der Waals surface area contributed by atoms with Gasteiger partial charge in [0.2, 0.25) is 5.91 Å². The lowest BCUT2D eigenvalue weighted by molar-refractivity contribution is -0.126. The van der Waals surface area contributed by atoms with E-state index in [1.165, 1.54) is 16.7 Å². The Balaban J connectivity index is 1.67. The van der Waals surface area contributed by atoms with E-state index in [1.54, 1.807) is 6.08 Å². The molecule has 0 bridgehead atoms. The minimum absolute atomic E-state index is 0.111. The van der Waals surface area contributed by atoms with Crippen molar-refractivity contribution in [2.24, 2.45) is 0 Å². The molecule has 1 aliphatic rings. The monoisotopic (exact) mass is 412 g/mol. The summed E-state index contributed by atoms with van der Waals surface area (Å²) in [5.41, 5.74) is 2.55. The van der Waals surface area contributed by atoms with Crippen molar-refractivity contribution in [1.29, 1.82) is 0 Å². The van der Waals surface area contributed by atoms with Crippen molar-refractivity contribution in [3.05, 3.63) is 64.6 Å². The first-order valence-corrected chi connectivity index (χ1v) is 10.0. The van der Waals surface area contributed by atoms with Crippen molar-refractivity contribution in [3.63, 3.8) is 0 Å². The standard InChI is InChI=1S/C21H20N2O3S2/c1-3-26-16-10-8-15(9-11-16)12-18-20(25)23(21(27)28-18)13-19(24)22-17-7-5-4-6-14(17)2/h4-12H,3,13H2,1-2H3,(H,22,24). The van der Waals surface area contributed by atoms with Crippen molar-refractivity contribution in [2.45, 2.75) is 13.8 Å². The predicted molar refractivity (Wildman–Crippen MR) is 117 cm³/mol. The zero-order valence-electron chi connectivity index (χ0n) is 15.6. The summed E-state index contributed by atoms with van der Waals surface area (Å²) in [4.78, 5) is 26.9. The zero-order valence-corrected chi connectivity index (χ0v) is 17.2. The summed E-state index contributed by atoms with van der Waals surface area (Å²) in [6.07, 6.45) is 1.77. The van der Waals surface area contributed by atoms with Gasteiger partial charge in [-0.2, -0.15) is 0 Å². The number of nitrogens with zero attached hydrogens (tertiary/aromatic N) is 1. The van der Waals surface area contributed by atoms with Crippen LogP contribution in [0.15, 0.2) is 53.4 Å². The van der Waals surface area contributed by atoms with Crippen LogP contribution >= 0.6 is 24.0 Å².